The molecule has 1 unspecified atom stereocenters. The van der Waals surface area contributed by atoms with E-state index in [1.54, 1.807) is 0 Å². The lowest BCUT2D eigenvalue weighted by Gasteiger charge is -2.02. The topological polar surface area (TPSA) is 80.4 Å². The summed E-state index contributed by atoms with van der Waals surface area (Å²) in [7, 11) is 0. The highest BCUT2D eigenvalue weighted by atomic mass is 16.3. The van der Waals surface area contributed by atoms with Crippen molar-refractivity contribution in [1.82, 2.24) is 0 Å². The molecule has 0 bridgehead atoms. The predicted octanol–water partition coefficient (Wildman–Crippen LogP) is -1.15. The van der Waals surface area contributed by atoms with Crippen LogP contribution in [-0.2, 0) is 9.59 Å². The number of hydrogen-bond donors (Lipinski definition) is 2. The van der Waals surface area contributed by atoms with Crippen LogP contribution in [0.5, 0.6) is 0 Å². The molecular weight excluding hydrogens is 134 g/mol. The second-order valence-corrected chi connectivity index (χ2v) is 2.07. The zero-order valence-corrected chi connectivity index (χ0v) is 5.83. The van der Waals surface area contributed by atoms with Gasteiger partial charge in [-0.2, -0.15) is 0 Å². The molecule has 4 nitrogen and oxygen atoms in total. The molecule has 1 atom stereocenters. The summed E-state index contributed by atoms with van der Waals surface area (Å²) in [6.07, 6.45) is -1.04. The van der Waals surface area contributed by atoms with Gasteiger partial charge in [0, 0.05) is 19.9 Å². The predicted molar refractivity (Wildman–Crippen MR) is 35.4 cm³/mol. The van der Waals surface area contributed by atoms with Gasteiger partial charge in [-0.3, -0.25) is 9.59 Å². The van der Waals surface area contributed by atoms with E-state index < -0.39 is 17.7 Å². The first kappa shape index (κ1) is 9.26. The third-order valence-electron chi connectivity index (χ3n) is 1.09. The fourth-order valence-electron chi connectivity index (χ4n) is 0.441. The number of aliphatic hydroxyl groups is 1. The Hall–Kier alpha value is -0.740. The number of Topliss-reactive ketones (excluding diaryl/α,β-unsaturated/α-hetero) is 2. The van der Waals surface area contributed by atoms with Crippen molar-refractivity contribution in [2.75, 3.05) is 6.54 Å². The van der Waals surface area contributed by atoms with Crippen LogP contribution >= 0.6 is 0 Å². The second-order valence-electron chi connectivity index (χ2n) is 2.07. The van der Waals surface area contributed by atoms with E-state index in [4.69, 9.17) is 10.8 Å². The van der Waals surface area contributed by atoms with Gasteiger partial charge in [-0.1, -0.05) is 0 Å². The highest BCUT2D eigenvalue weighted by Crippen LogP contribution is 1.91. The van der Waals surface area contributed by atoms with Crippen molar-refractivity contribution in [3.05, 3.63) is 0 Å². The monoisotopic (exact) mass is 145 g/mol. The Morgan fingerprint density at radius 1 is 1.60 bits per heavy atom. The van der Waals surface area contributed by atoms with Crippen LogP contribution in [0.1, 0.15) is 13.3 Å². The Morgan fingerprint density at radius 2 is 2.10 bits per heavy atom. The maximum atomic E-state index is 10.5. The van der Waals surface area contributed by atoms with Crippen LogP contribution in [0.4, 0.5) is 0 Å². The van der Waals surface area contributed by atoms with Gasteiger partial charge in [0.05, 0.1) is 6.10 Å². The molecule has 0 rings (SSSR count). The number of ketones is 2. The van der Waals surface area contributed by atoms with Gasteiger partial charge < -0.3 is 10.8 Å². The Kier molecular flexibility index (Phi) is 3.83. The van der Waals surface area contributed by atoms with E-state index in [1.807, 2.05) is 0 Å². The maximum absolute atomic E-state index is 10.5. The smallest absolute Gasteiger partial charge is 0.200 e. The zero-order valence-electron chi connectivity index (χ0n) is 5.83. The SMILES string of the molecule is CC(=O)C(=O)CC(O)CN. The molecular formula is C6H11NO3. The summed E-state index contributed by atoms with van der Waals surface area (Å²) < 4.78 is 0. The number of aliphatic hydroxyl groups excluding tert-OH is 1. The molecule has 0 aromatic carbocycles. The highest BCUT2D eigenvalue weighted by Gasteiger charge is 2.12. The van der Waals surface area contributed by atoms with Gasteiger partial charge in [0.25, 0.3) is 0 Å². The average Bonchev–Trinajstić information content (AvgIpc) is 1.87. The Balaban J connectivity index is 3.68. The number of carbonyl (C=O) groups is 2. The minimum Gasteiger partial charge on any atom is -0.391 e. The van der Waals surface area contributed by atoms with Crippen molar-refractivity contribution in [3.8, 4) is 0 Å². The van der Waals surface area contributed by atoms with E-state index in [0.29, 0.717) is 0 Å². The fraction of sp³-hybridized carbons (Fsp3) is 0.667. The molecule has 3 N–H and O–H groups in total. The van der Waals surface area contributed by atoms with Crippen molar-refractivity contribution in [2.45, 2.75) is 19.4 Å². The molecule has 10 heavy (non-hydrogen) atoms. The molecule has 58 valence electrons. The summed E-state index contributed by atoms with van der Waals surface area (Å²) in [5, 5.41) is 8.78. The Bertz CT molecular complexity index is 144. The highest BCUT2D eigenvalue weighted by molar-refractivity contribution is 6.36. The summed E-state index contributed by atoms with van der Waals surface area (Å²) in [5.41, 5.74) is 5.01. The van der Waals surface area contributed by atoms with Crippen molar-refractivity contribution in [3.63, 3.8) is 0 Å². The summed E-state index contributed by atoms with van der Waals surface area (Å²) in [4.78, 5) is 20.8. The van der Waals surface area contributed by atoms with Gasteiger partial charge >= 0.3 is 0 Å². The largest absolute Gasteiger partial charge is 0.391 e. The van der Waals surface area contributed by atoms with Crippen LogP contribution in [0.15, 0.2) is 0 Å². The lowest BCUT2D eigenvalue weighted by molar-refractivity contribution is -0.136. The molecule has 0 aliphatic rings. The van der Waals surface area contributed by atoms with E-state index in [9.17, 15) is 9.59 Å². The normalized spacial score (nSPS) is 12.7. The molecule has 0 fully saturated rings. The third kappa shape index (κ3) is 3.32. The number of nitrogens with two attached hydrogens (primary N) is 1. The van der Waals surface area contributed by atoms with Crippen LogP contribution in [0, 0.1) is 0 Å². The molecule has 0 radical (unpaired) electrons. The van der Waals surface area contributed by atoms with E-state index in [-0.39, 0.29) is 13.0 Å². The Labute approximate surface area is 59.0 Å². The first-order valence-electron chi connectivity index (χ1n) is 2.99. The van der Waals surface area contributed by atoms with Crippen LogP contribution in [0.25, 0.3) is 0 Å². The quantitative estimate of drug-likeness (QED) is 0.490. The molecule has 4 heteroatoms. The Morgan fingerprint density at radius 3 is 2.40 bits per heavy atom. The van der Waals surface area contributed by atoms with E-state index in [1.165, 1.54) is 6.92 Å². The molecule has 0 saturated carbocycles. The van der Waals surface area contributed by atoms with E-state index in [0.717, 1.165) is 0 Å². The molecule has 0 aromatic rings. The van der Waals surface area contributed by atoms with Crippen LogP contribution < -0.4 is 5.73 Å². The third-order valence-corrected chi connectivity index (χ3v) is 1.09. The molecule has 0 spiro atoms. The van der Waals surface area contributed by atoms with Gasteiger partial charge in [-0.15, -0.1) is 0 Å². The minimum absolute atomic E-state index is 0.0129. The number of hydrogen-bond acceptors (Lipinski definition) is 4. The van der Waals surface area contributed by atoms with Gasteiger partial charge in [0.2, 0.25) is 5.78 Å². The van der Waals surface area contributed by atoms with Crippen LogP contribution in [0.3, 0.4) is 0 Å². The lowest BCUT2D eigenvalue weighted by atomic mass is 10.1. The van der Waals surface area contributed by atoms with Crippen molar-refractivity contribution >= 4 is 11.6 Å². The molecule has 0 aliphatic carbocycles. The van der Waals surface area contributed by atoms with Crippen molar-refractivity contribution in [1.29, 1.82) is 0 Å². The molecule has 0 aromatic heterocycles. The van der Waals surface area contributed by atoms with E-state index in [2.05, 4.69) is 0 Å². The summed E-state index contributed by atoms with van der Waals surface area (Å²) in [6.45, 7) is 1.19. The molecule has 0 saturated heterocycles. The van der Waals surface area contributed by atoms with Crippen molar-refractivity contribution in [2.24, 2.45) is 5.73 Å². The first-order valence-corrected chi connectivity index (χ1v) is 2.99. The van der Waals surface area contributed by atoms with Crippen LogP contribution in [0.2, 0.25) is 0 Å². The summed E-state index contributed by atoms with van der Waals surface area (Å²) >= 11 is 0. The van der Waals surface area contributed by atoms with Crippen LogP contribution in [-0.4, -0.2) is 29.3 Å². The zero-order chi connectivity index (χ0) is 8.15. The van der Waals surface area contributed by atoms with Gasteiger partial charge in [0.15, 0.2) is 5.78 Å². The molecule has 0 aliphatic heterocycles. The van der Waals surface area contributed by atoms with E-state index >= 15 is 0 Å². The number of carbonyl (C=O) groups excluding carboxylic acids is 2. The maximum Gasteiger partial charge on any atom is 0.200 e. The van der Waals surface area contributed by atoms with Gasteiger partial charge in [-0.25, -0.2) is 0 Å². The standard InChI is InChI=1S/C6H11NO3/c1-4(8)6(10)2-5(9)3-7/h5,9H,2-3,7H2,1H3. The molecule has 0 amide bonds. The number of rotatable bonds is 4. The lowest BCUT2D eigenvalue weighted by Crippen LogP contribution is -2.25. The van der Waals surface area contributed by atoms with Crippen molar-refractivity contribution < 1.29 is 14.7 Å². The average molecular weight is 145 g/mol. The molecule has 0 heterocycles. The summed E-state index contributed by atoms with van der Waals surface area (Å²) in [5.74, 6) is -1.11. The first-order chi connectivity index (χ1) is 4.57. The fourth-order valence-corrected chi connectivity index (χ4v) is 0.441. The minimum atomic E-state index is -0.878. The summed E-state index contributed by atoms with van der Waals surface area (Å²) in [6, 6.07) is 0. The van der Waals surface area contributed by atoms with Gasteiger partial charge in [-0.05, 0) is 0 Å². The van der Waals surface area contributed by atoms with Gasteiger partial charge in [0.1, 0.15) is 0 Å². The second kappa shape index (κ2) is 4.14.